The number of rotatable bonds is 8. The molecule has 4 heterocycles. The molecular weight excluding hydrogens is 745 g/mol. The molecule has 8 aromatic rings. The van der Waals surface area contributed by atoms with Gasteiger partial charge in [0.2, 0.25) is 0 Å². The number of aromatic hydroxyl groups is 4. The monoisotopic (exact) mass is 788 g/mol. The first-order valence-corrected chi connectivity index (χ1v) is 20.2. The second-order valence-corrected chi connectivity index (χ2v) is 15.7. The third kappa shape index (κ3) is 7.55. The Labute approximate surface area is 349 Å². The molecular formula is C52H44N4O4. The molecule has 60 heavy (non-hydrogen) atoms. The molecule has 2 aliphatic carbocycles. The summed E-state index contributed by atoms with van der Waals surface area (Å²) in [4.78, 5) is 16.8. The number of hydrogen-bond acceptors (Lipinski definition) is 8. The number of phenolic OH excluding ortho intramolecular Hbond substituents is 4. The Morgan fingerprint density at radius 1 is 0.200 bits per heavy atom. The summed E-state index contributed by atoms with van der Waals surface area (Å²) in [6, 6.07) is 47.0. The van der Waals surface area contributed by atoms with Crippen molar-refractivity contribution in [1.82, 2.24) is 19.9 Å². The van der Waals surface area contributed by atoms with Crippen LogP contribution in [0.15, 0.2) is 195 Å². The van der Waals surface area contributed by atoms with Crippen molar-refractivity contribution in [2.24, 2.45) is 0 Å². The van der Waals surface area contributed by atoms with Gasteiger partial charge in [0.25, 0.3) is 0 Å². The molecule has 0 saturated heterocycles. The van der Waals surface area contributed by atoms with Gasteiger partial charge in [0.1, 0.15) is 23.0 Å². The molecule has 8 nitrogen and oxygen atoms in total. The third-order valence-corrected chi connectivity index (χ3v) is 12.6. The van der Waals surface area contributed by atoms with E-state index in [0.717, 1.165) is 0 Å². The van der Waals surface area contributed by atoms with Crippen LogP contribution in [0.25, 0.3) is 0 Å². The summed E-state index contributed by atoms with van der Waals surface area (Å²) in [6.07, 6.45) is 14.8. The lowest BCUT2D eigenvalue weighted by Crippen LogP contribution is -2.40. The first-order chi connectivity index (χ1) is 29.4. The Kier molecular flexibility index (Phi) is 10.7. The smallest absolute Gasteiger partial charge is 0.115 e. The van der Waals surface area contributed by atoms with E-state index in [2.05, 4.69) is 68.5 Å². The number of aromatic nitrogens is 4. The number of hydrogen-bond donors (Lipinski definition) is 4. The van der Waals surface area contributed by atoms with Crippen molar-refractivity contribution >= 4 is 0 Å². The zero-order valence-corrected chi connectivity index (χ0v) is 32.7. The van der Waals surface area contributed by atoms with Crippen LogP contribution in [-0.4, -0.2) is 40.4 Å². The fourth-order valence-electron chi connectivity index (χ4n) is 9.94. The zero-order chi connectivity index (χ0) is 41.0. The summed E-state index contributed by atoms with van der Waals surface area (Å²) >= 11 is 0. The Bertz CT molecular complexity index is 2230. The maximum Gasteiger partial charge on any atom is 0.115 e. The van der Waals surface area contributed by atoms with Gasteiger partial charge in [-0.05, 0) is 189 Å². The third-order valence-electron chi connectivity index (χ3n) is 12.6. The second-order valence-electron chi connectivity index (χ2n) is 15.7. The number of nitrogens with zero attached hydrogens (tertiary/aromatic N) is 4. The van der Waals surface area contributed by atoms with Crippen LogP contribution in [0.1, 0.15) is 91.9 Å². The van der Waals surface area contributed by atoms with Gasteiger partial charge in [0.05, 0.1) is 0 Å². The van der Waals surface area contributed by atoms with E-state index >= 15 is 0 Å². The standard InChI is InChI=1S/2C26H22N2O2/c2*29-21-5-1-17(2-6-21)23-24(18-3-7-22(30)8-4-18)26(20-11-15-28-16-12-20)25(23)19-9-13-27-14-10-19/h2*1-16,23-26,29-30H/t2*23-,24+,25+,26-. The highest BCUT2D eigenvalue weighted by molar-refractivity contribution is 5.50. The van der Waals surface area contributed by atoms with Crippen molar-refractivity contribution in [3.63, 3.8) is 0 Å². The normalized spacial score (nSPS) is 22.9. The number of phenols is 4. The maximum absolute atomic E-state index is 9.81. The molecule has 8 atom stereocenters. The van der Waals surface area contributed by atoms with Gasteiger partial charge >= 0.3 is 0 Å². The molecule has 0 radical (unpaired) electrons. The molecule has 296 valence electrons. The highest BCUT2D eigenvalue weighted by atomic mass is 16.3. The SMILES string of the molecule is Oc1ccc([C@@H]2[C@@H](c3ccncc3)[C@@H](c3ccncc3)[C@@H]2c2ccc(O)cc2)cc1.Oc1ccc([C@@H]2[C@@H](c3ccncc3)[C@@H](c3ccncc3)[C@@H]2c2ccc(O)cc2)cc1. The van der Waals surface area contributed by atoms with Crippen LogP contribution < -0.4 is 0 Å². The van der Waals surface area contributed by atoms with Gasteiger partial charge in [0, 0.05) is 49.6 Å². The predicted octanol–water partition coefficient (Wildman–Crippen LogP) is 10.7. The Morgan fingerprint density at radius 3 is 0.483 bits per heavy atom. The quantitative estimate of drug-likeness (QED) is 0.120. The van der Waals surface area contributed by atoms with Crippen molar-refractivity contribution in [3.8, 4) is 23.0 Å². The molecule has 0 unspecified atom stereocenters. The first kappa shape index (κ1) is 38.2. The fraction of sp³-hybridized carbons (Fsp3) is 0.154. The molecule has 2 saturated carbocycles. The van der Waals surface area contributed by atoms with E-state index in [0.29, 0.717) is 0 Å². The second kappa shape index (κ2) is 16.9. The van der Waals surface area contributed by atoms with Crippen molar-refractivity contribution in [2.75, 3.05) is 0 Å². The zero-order valence-electron chi connectivity index (χ0n) is 32.7. The minimum absolute atomic E-state index is 0.232. The van der Waals surface area contributed by atoms with Crippen molar-refractivity contribution in [3.05, 3.63) is 240 Å². The van der Waals surface area contributed by atoms with Crippen molar-refractivity contribution in [1.29, 1.82) is 0 Å². The van der Waals surface area contributed by atoms with Crippen molar-refractivity contribution in [2.45, 2.75) is 47.3 Å². The molecule has 0 bridgehead atoms. The number of pyridine rings is 4. The number of benzene rings is 4. The summed E-state index contributed by atoms with van der Waals surface area (Å²) in [7, 11) is 0. The molecule has 4 N–H and O–H groups in total. The predicted molar refractivity (Wildman–Crippen MR) is 231 cm³/mol. The average molecular weight is 789 g/mol. The van der Waals surface area contributed by atoms with Crippen LogP contribution in [0.5, 0.6) is 23.0 Å². The van der Waals surface area contributed by atoms with Crippen LogP contribution in [0.2, 0.25) is 0 Å². The minimum atomic E-state index is 0.232. The Morgan fingerprint density at radius 2 is 0.333 bits per heavy atom. The molecule has 10 rings (SSSR count). The van der Waals surface area contributed by atoms with Crippen molar-refractivity contribution < 1.29 is 20.4 Å². The topological polar surface area (TPSA) is 132 Å². The van der Waals surface area contributed by atoms with Gasteiger partial charge in [-0.2, -0.15) is 0 Å². The van der Waals surface area contributed by atoms with E-state index in [9.17, 15) is 20.4 Å². The van der Waals surface area contributed by atoms with E-state index in [1.807, 2.05) is 98.1 Å². The van der Waals surface area contributed by atoms with E-state index in [4.69, 9.17) is 0 Å². The lowest BCUT2D eigenvalue weighted by Gasteiger charge is -2.53. The summed E-state index contributed by atoms with van der Waals surface area (Å²) in [5.41, 5.74) is 9.77. The Balaban J connectivity index is 0.000000154. The lowest BCUT2D eigenvalue weighted by molar-refractivity contribution is 0.228. The average Bonchev–Trinajstić information content (AvgIpc) is 3.27. The first-order valence-electron chi connectivity index (χ1n) is 20.2. The van der Waals surface area contributed by atoms with Crippen LogP contribution in [0.4, 0.5) is 0 Å². The van der Waals surface area contributed by atoms with Gasteiger partial charge in [-0.1, -0.05) is 48.5 Å². The maximum atomic E-state index is 9.81. The van der Waals surface area contributed by atoms with Crippen LogP contribution in [-0.2, 0) is 0 Å². The molecule has 0 spiro atoms. The molecule has 0 aliphatic heterocycles. The molecule has 4 aromatic carbocycles. The van der Waals surface area contributed by atoms with Gasteiger partial charge < -0.3 is 20.4 Å². The van der Waals surface area contributed by atoms with E-state index in [1.54, 1.807) is 48.5 Å². The van der Waals surface area contributed by atoms with Gasteiger partial charge in [-0.25, -0.2) is 0 Å². The van der Waals surface area contributed by atoms with Crippen LogP contribution in [0, 0.1) is 0 Å². The van der Waals surface area contributed by atoms with E-state index in [1.165, 1.54) is 44.5 Å². The molecule has 2 aliphatic rings. The largest absolute Gasteiger partial charge is 0.508 e. The van der Waals surface area contributed by atoms with E-state index in [-0.39, 0.29) is 70.3 Å². The fourth-order valence-corrected chi connectivity index (χ4v) is 9.94. The summed E-state index contributed by atoms with van der Waals surface area (Å²) in [5.74, 6) is 3.06. The summed E-state index contributed by atoms with van der Waals surface area (Å²) < 4.78 is 0. The van der Waals surface area contributed by atoms with Gasteiger partial charge in [-0.15, -0.1) is 0 Å². The highest BCUT2D eigenvalue weighted by Crippen LogP contribution is 2.67. The Hall–Kier alpha value is -7.32. The minimum Gasteiger partial charge on any atom is -0.508 e. The molecule has 0 amide bonds. The molecule has 8 heteroatoms. The summed E-state index contributed by atoms with van der Waals surface area (Å²) in [5, 5.41) is 39.3. The van der Waals surface area contributed by atoms with Crippen LogP contribution in [0.3, 0.4) is 0 Å². The van der Waals surface area contributed by atoms with Gasteiger partial charge in [-0.3, -0.25) is 19.9 Å². The lowest BCUT2D eigenvalue weighted by atomic mass is 9.49. The summed E-state index contributed by atoms with van der Waals surface area (Å²) in [6.45, 7) is 0. The van der Waals surface area contributed by atoms with Crippen LogP contribution >= 0.6 is 0 Å². The highest BCUT2D eigenvalue weighted by Gasteiger charge is 2.54. The van der Waals surface area contributed by atoms with Gasteiger partial charge in [0.15, 0.2) is 0 Å². The van der Waals surface area contributed by atoms with E-state index < -0.39 is 0 Å². The molecule has 4 aromatic heterocycles. The molecule has 2 fully saturated rings.